The molecule has 0 saturated heterocycles. The van der Waals surface area contributed by atoms with Crippen molar-refractivity contribution >= 4 is 32.8 Å². The van der Waals surface area contributed by atoms with E-state index in [-0.39, 0.29) is 5.91 Å². The molecule has 0 aliphatic carbocycles. The largest absolute Gasteiger partial charge is 0.497 e. The predicted octanol–water partition coefficient (Wildman–Crippen LogP) is 4.44. The number of furan rings is 1. The second-order valence-corrected chi connectivity index (χ2v) is 6.14. The van der Waals surface area contributed by atoms with Crippen molar-refractivity contribution in [1.29, 1.82) is 0 Å². The highest BCUT2D eigenvalue weighted by Gasteiger charge is 2.17. The highest BCUT2D eigenvalue weighted by Crippen LogP contribution is 2.28. The highest BCUT2D eigenvalue weighted by molar-refractivity contribution is 9.10. The summed E-state index contributed by atoms with van der Waals surface area (Å²) >= 11 is 3.43. The van der Waals surface area contributed by atoms with Crippen LogP contribution in [0.4, 0.5) is 0 Å². The van der Waals surface area contributed by atoms with Crippen molar-refractivity contribution in [1.82, 2.24) is 5.32 Å². The lowest BCUT2D eigenvalue weighted by molar-refractivity contribution is 0.0924. The van der Waals surface area contributed by atoms with Crippen LogP contribution in [0, 0.1) is 6.92 Å². The number of nitrogens with one attached hydrogen (secondary N) is 1. The summed E-state index contributed by atoms with van der Waals surface area (Å²) in [6.45, 7) is 2.32. The number of carbonyl (C=O) groups is 1. The van der Waals surface area contributed by atoms with Crippen LogP contribution >= 0.6 is 15.9 Å². The lowest BCUT2D eigenvalue weighted by Gasteiger charge is -2.05. The van der Waals surface area contributed by atoms with Gasteiger partial charge in [-0.15, -0.1) is 0 Å². The number of fused-ring (bicyclic) bond motifs is 1. The number of benzene rings is 2. The fourth-order valence-electron chi connectivity index (χ4n) is 2.42. The summed E-state index contributed by atoms with van der Waals surface area (Å²) in [7, 11) is 1.62. The standard InChI is InChI=1S/C18H16BrNO3/c1-11-15-9-13(19)5-8-16(15)23-17(11)18(21)20-10-12-3-6-14(22-2)7-4-12/h3-9H,10H2,1-2H3,(H,20,21). The summed E-state index contributed by atoms with van der Waals surface area (Å²) in [5, 5.41) is 3.82. The molecular formula is C18H16BrNO3. The van der Waals surface area contributed by atoms with E-state index in [1.165, 1.54) is 0 Å². The number of methoxy groups -OCH3 is 1. The normalized spacial score (nSPS) is 10.7. The summed E-state index contributed by atoms with van der Waals surface area (Å²) in [4.78, 5) is 12.4. The first-order valence-corrected chi connectivity index (χ1v) is 7.97. The maximum absolute atomic E-state index is 12.4. The Kier molecular flexibility index (Phi) is 4.39. The van der Waals surface area contributed by atoms with Crippen LogP contribution in [0.1, 0.15) is 21.7 Å². The van der Waals surface area contributed by atoms with Crippen LogP contribution in [0.25, 0.3) is 11.0 Å². The van der Waals surface area contributed by atoms with Gasteiger partial charge in [0.15, 0.2) is 5.76 Å². The Morgan fingerprint density at radius 3 is 2.65 bits per heavy atom. The maximum atomic E-state index is 12.4. The van der Waals surface area contributed by atoms with E-state index < -0.39 is 0 Å². The lowest BCUT2D eigenvalue weighted by Crippen LogP contribution is -2.22. The molecular weight excluding hydrogens is 358 g/mol. The average molecular weight is 374 g/mol. The van der Waals surface area contributed by atoms with Crippen molar-refractivity contribution in [2.75, 3.05) is 7.11 Å². The molecule has 0 spiro atoms. The van der Waals surface area contributed by atoms with E-state index in [4.69, 9.17) is 9.15 Å². The Hall–Kier alpha value is -2.27. The van der Waals surface area contributed by atoms with E-state index in [2.05, 4.69) is 21.2 Å². The Labute approximate surface area is 142 Å². The number of aryl methyl sites for hydroxylation is 1. The van der Waals surface area contributed by atoms with Crippen molar-refractivity contribution in [3.05, 3.63) is 63.8 Å². The number of carbonyl (C=O) groups excluding carboxylic acids is 1. The van der Waals surface area contributed by atoms with E-state index in [1.807, 2.05) is 49.4 Å². The van der Waals surface area contributed by atoms with E-state index in [0.717, 1.165) is 26.7 Å². The highest BCUT2D eigenvalue weighted by atomic mass is 79.9. The van der Waals surface area contributed by atoms with Crippen molar-refractivity contribution in [2.45, 2.75) is 13.5 Å². The van der Waals surface area contributed by atoms with Gasteiger partial charge in [-0.1, -0.05) is 28.1 Å². The molecule has 3 aromatic rings. The topological polar surface area (TPSA) is 51.5 Å². The third-order valence-electron chi connectivity index (χ3n) is 3.72. The van der Waals surface area contributed by atoms with Gasteiger partial charge in [0.2, 0.25) is 0 Å². The molecule has 118 valence electrons. The summed E-state index contributed by atoms with van der Waals surface area (Å²) < 4.78 is 11.8. The predicted molar refractivity (Wildman–Crippen MR) is 92.8 cm³/mol. The molecule has 23 heavy (non-hydrogen) atoms. The molecule has 4 nitrogen and oxygen atoms in total. The summed E-state index contributed by atoms with van der Waals surface area (Å²) in [5.74, 6) is 0.927. The molecule has 1 N–H and O–H groups in total. The summed E-state index contributed by atoms with van der Waals surface area (Å²) in [6.07, 6.45) is 0. The molecule has 0 fully saturated rings. The minimum Gasteiger partial charge on any atom is -0.497 e. The van der Waals surface area contributed by atoms with Gasteiger partial charge >= 0.3 is 0 Å². The SMILES string of the molecule is COc1ccc(CNC(=O)c2oc3ccc(Br)cc3c2C)cc1. The van der Waals surface area contributed by atoms with Crippen LogP contribution in [0.15, 0.2) is 51.4 Å². The molecule has 1 heterocycles. The zero-order chi connectivity index (χ0) is 16.4. The first-order chi connectivity index (χ1) is 11.1. The quantitative estimate of drug-likeness (QED) is 0.735. The third kappa shape index (κ3) is 3.24. The molecule has 0 bridgehead atoms. The second kappa shape index (κ2) is 6.46. The Bertz CT molecular complexity index is 853. The van der Waals surface area contributed by atoms with Gasteiger partial charge in [-0.2, -0.15) is 0 Å². The van der Waals surface area contributed by atoms with Crippen LogP contribution in [-0.2, 0) is 6.54 Å². The van der Waals surface area contributed by atoms with Crippen LogP contribution in [0.2, 0.25) is 0 Å². The van der Waals surface area contributed by atoms with Gasteiger partial charge in [0, 0.05) is 22.0 Å². The van der Waals surface area contributed by atoms with Gasteiger partial charge in [-0.25, -0.2) is 0 Å². The molecule has 1 aromatic heterocycles. The minimum absolute atomic E-state index is 0.217. The first-order valence-electron chi connectivity index (χ1n) is 7.18. The molecule has 0 aliphatic heterocycles. The second-order valence-electron chi connectivity index (χ2n) is 5.23. The Morgan fingerprint density at radius 1 is 1.22 bits per heavy atom. The van der Waals surface area contributed by atoms with Gasteiger partial charge in [0.05, 0.1) is 7.11 Å². The van der Waals surface area contributed by atoms with Crippen molar-refractivity contribution in [3.8, 4) is 5.75 Å². The first kappa shape index (κ1) is 15.6. The number of halogens is 1. The van der Waals surface area contributed by atoms with E-state index in [0.29, 0.717) is 17.9 Å². The van der Waals surface area contributed by atoms with Gasteiger partial charge in [0.25, 0.3) is 5.91 Å². The monoisotopic (exact) mass is 373 g/mol. The van der Waals surface area contributed by atoms with E-state index in [9.17, 15) is 4.79 Å². The lowest BCUT2D eigenvalue weighted by atomic mass is 10.1. The van der Waals surface area contributed by atoms with E-state index >= 15 is 0 Å². The molecule has 0 atom stereocenters. The number of rotatable bonds is 4. The van der Waals surface area contributed by atoms with Crippen LogP contribution in [0.5, 0.6) is 5.75 Å². The molecule has 0 radical (unpaired) electrons. The molecule has 0 aliphatic rings. The maximum Gasteiger partial charge on any atom is 0.287 e. The number of hydrogen-bond donors (Lipinski definition) is 1. The van der Waals surface area contributed by atoms with Crippen LogP contribution in [-0.4, -0.2) is 13.0 Å². The van der Waals surface area contributed by atoms with Crippen molar-refractivity contribution in [3.63, 3.8) is 0 Å². The van der Waals surface area contributed by atoms with Crippen molar-refractivity contribution in [2.24, 2.45) is 0 Å². The van der Waals surface area contributed by atoms with Crippen LogP contribution in [0.3, 0.4) is 0 Å². The minimum atomic E-state index is -0.217. The summed E-state index contributed by atoms with van der Waals surface area (Å²) in [5.41, 5.74) is 2.55. The molecule has 0 unspecified atom stereocenters. The zero-order valence-electron chi connectivity index (χ0n) is 12.9. The molecule has 0 saturated carbocycles. The number of hydrogen-bond acceptors (Lipinski definition) is 3. The zero-order valence-corrected chi connectivity index (χ0v) is 14.4. The smallest absolute Gasteiger partial charge is 0.287 e. The van der Waals surface area contributed by atoms with Gasteiger partial charge in [-0.05, 0) is 42.8 Å². The molecule has 5 heteroatoms. The van der Waals surface area contributed by atoms with Gasteiger partial charge in [0.1, 0.15) is 11.3 Å². The van der Waals surface area contributed by atoms with Crippen LogP contribution < -0.4 is 10.1 Å². The molecule has 1 amide bonds. The fourth-order valence-corrected chi connectivity index (χ4v) is 2.78. The molecule has 3 rings (SSSR count). The summed E-state index contributed by atoms with van der Waals surface area (Å²) in [6, 6.07) is 13.3. The Balaban J connectivity index is 1.76. The van der Waals surface area contributed by atoms with E-state index in [1.54, 1.807) is 7.11 Å². The number of amides is 1. The number of ether oxygens (including phenoxy) is 1. The van der Waals surface area contributed by atoms with Gasteiger partial charge in [-0.3, -0.25) is 4.79 Å². The fraction of sp³-hybridized carbons (Fsp3) is 0.167. The Morgan fingerprint density at radius 2 is 1.96 bits per heavy atom. The average Bonchev–Trinajstić information content (AvgIpc) is 2.90. The van der Waals surface area contributed by atoms with Crippen molar-refractivity contribution < 1.29 is 13.9 Å². The van der Waals surface area contributed by atoms with Gasteiger partial charge < -0.3 is 14.5 Å². The third-order valence-corrected chi connectivity index (χ3v) is 4.21. The molecule has 2 aromatic carbocycles.